The molecular formula is C14H23FN2. The first-order chi connectivity index (χ1) is 8.19. The predicted molar refractivity (Wildman–Crippen MR) is 70.6 cm³/mol. The van der Waals surface area contributed by atoms with E-state index in [1.54, 1.807) is 12.1 Å². The molecule has 96 valence electrons. The Kier molecular flexibility index (Phi) is 6.16. The van der Waals surface area contributed by atoms with Crippen molar-refractivity contribution in [3.05, 3.63) is 35.6 Å². The summed E-state index contributed by atoms with van der Waals surface area (Å²) in [5.74, 6) is -0.165. The van der Waals surface area contributed by atoms with Crippen LogP contribution in [0.4, 0.5) is 4.39 Å². The molecule has 0 fully saturated rings. The van der Waals surface area contributed by atoms with Gasteiger partial charge in [0.15, 0.2) is 0 Å². The molecule has 3 heteroatoms. The minimum Gasteiger partial charge on any atom is -0.320 e. The van der Waals surface area contributed by atoms with Crippen molar-refractivity contribution in [2.45, 2.75) is 25.8 Å². The molecule has 0 aliphatic heterocycles. The van der Waals surface area contributed by atoms with Gasteiger partial charge >= 0.3 is 0 Å². The maximum Gasteiger partial charge on any atom is 0.123 e. The summed E-state index contributed by atoms with van der Waals surface area (Å²) >= 11 is 0. The molecule has 1 aromatic rings. The summed E-state index contributed by atoms with van der Waals surface area (Å²) in [7, 11) is 4.10. The maximum absolute atomic E-state index is 12.9. The molecule has 1 atom stereocenters. The molecule has 17 heavy (non-hydrogen) atoms. The van der Waals surface area contributed by atoms with Crippen molar-refractivity contribution in [1.82, 2.24) is 10.2 Å². The maximum atomic E-state index is 12.9. The number of nitrogens with zero attached hydrogens (tertiary/aromatic N) is 1. The van der Waals surface area contributed by atoms with E-state index in [-0.39, 0.29) is 5.82 Å². The number of benzene rings is 1. The van der Waals surface area contributed by atoms with Crippen LogP contribution in [-0.2, 0) is 0 Å². The van der Waals surface area contributed by atoms with Crippen LogP contribution in [-0.4, -0.2) is 32.1 Å². The van der Waals surface area contributed by atoms with Gasteiger partial charge in [0.2, 0.25) is 0 Å². The van der Waals surface area contributed by atoms with Crippen LogP contribution < -0.4 is 5.32 Å². The molecule has 0 saturated carbocycles. The highest BCUT2D eigenvalue weighted by Gasteiger charge is 2.14. The quantitative estimate of drug-likeness (QED) is 0.735. The van der Waals surface area contributed by atoms with Crippen LogP contribution in [0.5, 0.6) is 0 Å². The molecule has 0 saturated heterocycles. The second-order valence-corrected chi connectivity index (χ2v) is 4.41. The van der Waals surface area contributed by atoms with Crippen LogP contribution in [0.3, 0.4) is 0 Å². The van der Waals surface area contributed by atoms with E-state index >= 15 is 0 Å². The Labute approximate surface area is 104 Å². The molecule has 2 nitrogen and oxygen atoms in total. The van der Waals surface area contributed by atoms with E-state index in [0.29, 0.717) is 6.04 Å². The first-order valence-electron chi connectivity index (χ1n) is 6.29. The van der Waals surface area contributed by atoms with Crippen molar-refractivity contribution < 1.29 is 4.39 Å². The summed E-state index contributed by atoms with van der Waals surface area (Å²) in [4.78, 5) is 2.34. The topological polar surface area (TPSA) is 15.3 Å². The Bertz CT molecular complexity index is 311. The summed E-state index contributed by atoms with van der Waals surface area (Å²) in [6, 6.07) is 7.24. The zero-order valence-corrected chi connectivity index (χ0v) is 11.0. The van der Waals surface area contributed by atoms with Crippen molar-refractivity contribution in [3.63, 3.8) is 0 Å². The van der Waals surface area contributed by atoms with Crippen LogP contribution in [0.2, 0.25) is 0 Å². The lowest BCUT2D eigenvalue weighted by molar-refractivity contribution is 0.235. The van der Waals surface area contributed by atoms with Gasteiger partial charge in [-0.15, -0.1) is 0 Å². The summed E-state index contributed by atoms with van der Waals surface area (Å²) < 4.78 is 12.9. The van der Waals surface area contributed by atoms with Crippen molar-refractivity contribution in [1.29, 1.82) is 0 Å². The third-order valence-electron chi connectivity index (χ3n) is 3.11. The average Bonchev–Trinajstić information content (AvgIpc) is 2.33. The van der Waals surface area contributed by atoms with E-state index in [9.17, 15) is 4.39 Å². The average molecular weight is 238 g/mol. The fourth-order valence-corrected chi connectivity index (χ4v) is 2.15. The zero-order valence-electron chi connectivity index (χ0n) is 11.0. The van der Waals surface area contributed by atoms with Gasteiger partial charge in [-0.1, -0.05) is 19.1 Å². The first-order valence-corrected chi connectivity index (χ1v) is 6.29. The van der Waals surface area contributed by atoms with Crippen LogP contribution in [0.25, 0.3) is 0 Å². The summed E-state index contributed by atoms with van der Waals surface area (Å²) in [5.41, 5.74) is 1.20. The minimum absolute atomic E-state index is 0.165. The highest BCUT2D eigenvalue weighted by Crippen LogP contribution is 2.22. The molecule has 0 aromatic heterocycles. The standard InChI is InChI=1S/C14H23FN2/c1-4-14(17(3)11-5-10-16-2)12-6-8-13(15)9-7-12/h6-9,14,16H,4-5,10-11H2,1-3H3. The third kappa shape index (κ3) is 4.44. The molecule has 0 amide bonds. The van der Waals surface area contributed by atoms with Gasteiger partial charge in [-0.05, 0) is 57.7 Å². The van der Waals surface area contributed by atoms with Crippen LogP contribution in [0.1, 0.15) is 31.4 Å². The van der Waals surface area contributed by atoms with Crippen LogP contribution in [0.15, 0.2) is 24.3 Å². The molecule has 1 rings (SSSR count). The molecule has 0 bridgehead atoms. The number of rotatable bonds is 7. The monoisotopic (exact) mass is 238 g/mol. The smallest absolute Gasteiger partial charge is 0.123 e. The second-order valence-electron chi connectivity index (χ2n) is 4.41. The van der Waals surface area contributed by atoms with Gasteiger partial charge in [-0.2, -0.15) is 0 Å². The van der Waals surface area contributed by atoms with E-state index < -0.39 is 0 Å². The molecule has 0 aliphatic carbocycles. The largest absolute Gasteiger partial charge is 0.320 e. The number of nitrogens with one attached hydrogen (secondary N) is 1. The Morgan fingerprint density at radius 3 is 2.47 bits per heavy atom. The lowest BCUT2D eigenvalue weighted by atomic mass is 10.0. The highest BCUT2D eigenvalue weighted by molar-refractivity contribution is 5.19. The summed E-state index contributed by atoms with van der Waals surface area (Å²) in [6.45, 7) is 4.25. The molecule has 1 aromatic carbocycles. The van der Waals surface area contributed by atoms with E-state index in [1.807, 2.05) is 19.2 Å². The molecule has 1 N–H and O–H groups in total. The fourth-order valence-electron chi connectivity index (χ4n) is 2.15. The van der Waals surface area contributed by atoms with Gasteiger partial charge in [-0.25, -0.2) is 4.39 Å². The van der Waals surface area contributed by atoms with Gasteiger partial charge in [-0.3, -0.25) is 4.90 Å². The number of hydrogen-bond donors (Lipinski definition) is 1. The van der Waals surface area contributed by atoms with E-state index in [0.717, 1.165) is 25.9 Å². The van der Waals surface area contributed by atoms with Crippen LogP contribution >= 0.6 is 0 Å². The van der Waals surface area contributed by atoms with Gasteiger partial charge in [0, 0.05) is 6.04 Å². The van der Waals surface area contributed by atoms with Crippen molar-refractivity contribution >= 4 is 0 Å². The van der Waals surface area contributed by atoms with Gasteiger partial charge in [0.05, 0.1) is 0 Å². The minimum atomic E-state index is -0.165. The fraction of sp³-hybridized carbons (Fsp3) is 0.571. The Hall–Kier alpha value is -0.930. The van der Waals surface area contributed by atoms with Gasteiger partial charge < -0.3 is 5.32 Å². The SMILES string of the molecule is CCC(c1ccc(F)cc1)N(C)CCCNC. The van der Waals surface area contributed by atoms with E-state index in [1.165, 1.54) is 5.56 Å². The van der Waals surface area contributed by atoms with Crippen molar-refractivity contribution in [2.24, 2.45) is 0 Å². The summed E-state index contributed by atoms with van der Waals surface area (Å²) in [5, 5.41) is 3.15. The van der Waals surface area contributed by atoms with Crippen molar-refractivity contribution in [2.75, 3.05) is 27.2 Å². The highest BCUT2D eigenvalue weighted by atomic mass is 19.1. The molecule has 0 aliphatic rings. The third-order valence-corrected chi connectivity index (χ3v) is 3.11. The first kappa shape index (κ1) is 14.1. The normalized spacial score (nSPS) is 13.0. The van der Waals surface area contributed by atoms with E-state index in [4.69, 9.17) is 0 Å². The second kappa shape index (κ2) is 7.41. The Balaban J connectivity index is 2.60. The molecule has 0 radical (unpaired) electrons. The number of hydrogen-bond acceptors (Lipinski definition) is 2. The van der Waals surface area contributed by atoms with E-state index in [2.05, 4.69) is 24.2 Å². The van der Waals surface area contributed by atoms with Crippen LogP contribution in [0, 0.1) is 5.82 Å². The van der Waals surface area contributed by atoms with Crippen molar-refractivity contribution in [3.8, 4) is 0 Å². The Morgan fingerprint density at radius 1 is 1.29 bits per heavy atom. The Morgan fingerprint density at radius 2 is 1.94 bits per heavy atom. The van der Waals surface area contributed by atoms with Gasteiger partial charge in [0.25, 0.3) is 0 Å². The van der Waals surface area contributed by atoms with Gasteiger partial charge in [0.1, 0.15) is 5.82 Å². The number of halogens is 1. The lowest BCUT2D eigenvalue weighted by Crippen LogP contribution is -2.27. The zero-order chi connectivity index (χ0) is 12.7. The predicted octanol–water partition coefficient (Wildman–Crippen LogP) is 2.82. The lowest BCUT2D eigenvalue weighted by Gasteiger charge is -2.27. The molecular weight excluding hydrogens is 215 g/mol. The molecule has 0 heterocycles. The molecule has 0 spiro atoms. The summed E-state index contributed by atoms with van der Waals surface area (Å²) in [6.07, 6.45) is 2.17. The molecule has 1 unspecified atom stereocenters.